The van der Waals surface area contributed by atoms with Gasteiger partial charge in [-0.1, -0.05) is 12.1 Å². The molecule has 0 radical (unpaired) electrons. The van der Waals surface area contributed by atoms with Gasteiger partial charge in [-0.05, 0) is 68.7 Å². The minimum absolute atomic E-state index is 0.0458. The maximum Gasteiger partial charge on any atom is 0.410 e. The molecule has 2 atom stereocenters. The smallest absolute Gasteiger partial charge is 0.410 e. The number of rotatable bonds is 5. The number of aromatic nitrogens is 4. The second kappa shape index (κ2) is 9.92. The Morgan fingerprint density at radius 2 is 1.89 bits per heavy atom. The van der Waals surface area contributed by atoms with E-state index >= 15 is 4.39 Å². The lowest BCUT2D eigenvalue weighted by atomic mass is 10.0. The van der Waals surface area contributed by atoms with E-state index in [0.29, 0.717) is 18.5 Å². The van der Waals surface area contributed by atoms with E-state index in [1.54, 1.807) is 32.7 Å². The van der Waals surface area contributed by atoms with E-state index in [1.165, 1.54) is 12.1 Å². The van der Waals surface area contributed by atoms with Crippen LogP contribution in [0.1, 0.15) is 37.6 Å². The summed E-state index contributed by atoms with van der Waals surface area (Å²) in [4.78, 5) is 27.6. The van der Waals surface area contributed by atoms with Gasteiger partial charge >= 0.3 is 6.09 Å². The molecule has 0 saturated carbocycles. The number of carbonyl (C=O) groups is 2. The third kappa shape index (κ3) is 5.39. The van der Waals surface area contributed by atoms with Gasteiger partial charge in [-0.3, -0.25) is 14.2 Å². The number of nitrogens with one attached hydrogen (secondary N) is 1. The number of aryl methyl sites for hydroxylation is 1. The number of fused-ring (bicyclic) bond motifs is 1. The molecule has 3 heterocycles. The van der Waals surface area contributed by atoms with Crippen LogP contribution in [0.3, 0.4) is 0 Å². The van der Waals surface area contributed by atoms with E-state index in [1.807, 2.05) is 58.3 Å². The molecule has 198 valence electrons. The topological polar surface area (TPSA) is 94.3 Å². The van der Waals surface area contributed by atoms with Crippen molar-refractivity contribution >= 4 is 22.9 Å². The van der Waals surface area contributed by atoms with Crippen molar-refractivity contribution in [2.75, 3.05) is 6.54 Å². The van der Waals surface area contributed by atoms with E-state index in [0.717, 1.165) is 16.5 Å². The van der Waals surface area contributed by atoms with Gasteiger partial charge in [-0.25, -0.2) is 9.18 Å². The van der Waals surface area contributed by atoms with Crippen molar-refractivity contribution in [3.05, 3.63) is 72.4 Å². The standard InChI is InChI=1S/C28H31FN6O3/c1-28(2,3)38-27(37)35-16-21(14-22(35)17-34-11-5-10-30-34)32-26(36)23-8-6-19(13-24(23)29)18-7-9-25-20(12-18)15-31-33(25)4/h5-13,15,21-22H,14,16-17H2,1-4H3,(H,32,36). The molecule has 10 heteroatoms. The van der Waals surface area contributed by atoms with Crippen LogP contribution in [0.25, 0.3) is 22.0 Å². The third-order valence-electron chi connectivity index (χ3n) is 6.63. The highest BCUT2D eigenvalue weighted by Crippen LogP contribution is 2.27. The van der Waals surface area contributed by atoms with Crippen molar-refractivity contribution < 1.29 is 18.7 Å². The molecule has 1 fully saturated rings. The van der Waals surface area contributed by atoms with Gasteiger partial charge in [0.05, 0.1) is 29.9 Å². The quantitative estimate of drug-likeness (QED) is 0.423. The molecule has 4 aromatic rings. The molecular weight excluding hydrogens is 487 g/mol. The molecule has 1 aliphatic rings. The predicted molar refractivity (Wildman–Crippen MR) is 141 cm³/mol. The Labute approximate surface area is 220 Å². The summed E-state index contributed by atoms with van der Waals surface area (Å²) in [6.07, 6.45) is 5.30. The van der Waals surface area contributed by atoms with E-state index in [4.69, 9.17) is 4.74 Å². The molecule has 0 bridgehead atoms. The first kappa shape index (κ1) is 25.4. The van der Waals surface area contributed by atoms with Gasteiger partial charge in [0.25, 0.3) is 5.91 Å². The fourth-order valence-corrected chi connectivity index (χ4v) is 4.85. The molecule has 2 aromatic carbocycles. The third-order valence-corrected chi connectivity index (χ3v) is 6.63. The fraction of sp³-hybridized carbons (Fsp3) is 0.357. The zero-order valence-corrected chi connectivity index (χ0v) is 21.9. The maximum absolute atomic E-state index is 15.1. The molecule has 1 aliphatic heterocycles. The number of hydrogen-bond acceptors (Lipinski definition) is 5. The Balaban J connectivity index is 1.30. The molecule has 2 aromatic heterocycles. The molecule has 0 aliphatic carbocycles. The van der Waals surface area contributed by atoms with E-state index in [9.17, 15) is 9.59 Å². The van der Waals surface area contributed by atoms with Crippen LogP contribution in [0.15, 0.2) is 61.1 Å². The summed E-state index contributed by atoms with van der Waals surface area (Å²) in [6, 6.07) is 11.6. The second-order valence-electron chi connectivity index (χ2n) is 10.7. The van der Waals surface area contributed by atoms with Crippen molar-refractivity contribution in [3.8, 4) is 11.1 Å². The molecule has 1 N–H and O–H groups in total. The molecule has 9 nitrogen and oxygen atoms in total. The predicted octanol–water partition coefficient (Wildman–Crippen LogP) is 4.38. The number of benzene rings is 2. The van der Waals surface area contributed by atoms with Crippen molar-refractivity contribution in [2.24, 2.45) is 7.05 Å². The summed E-state index contributed by atoms with van der Waals surface area (Å²) in [7, 11) is 1.87. The maximum atomic E-state index is 15.1. The summed E-state index contributed by atoms with van der Waals surface area (Å²) in [5.41, 5.74) is 1.78. The zero-order valence-electron chi connectivity index (χ0n) is 21.9. The molecule has 2 unspecified atom stereocenters. The zero-order chi connectivity index (χ0) is 27.0. The lowest BCUT2D eigenvalue weighted by molar-refractivity contribution is 0.0208. The highest BCUT2D eigenvalue weighted by atomic mass is 19.1. The first-order valence-corrected chi connectivity index (χ1v) is 12.6. The van der Waals surface area contributed by atoms with Crippen molar-refractivity contribution in [1.82, 2.24) is 29.8 Å². The monoisotopic (exact) mass is 518 g/mol. The minimum atomic E-state index is -0.652. The summed E-state index contributed by atoms with van der Waals surface area (Å²) in [5, 5.41) is 12.3. The molecule has 1 saturated heterocycles. The molecule has 2 amide bonds. The number of halogens is 1. The lowest BCUT2D eigenvalue weighted by Gasteiger charge is -2.28. The highest BCUT2D eigenvalue weighted by Gasteiger charge is 2.38. The molecular formula is C28H31FN6O3. The average Bonchev–Trinajstić information content (AvgIpc) is 3.59. The van der Waals surface area contributed by atoms with Crippen molar-refractivity contribution in [3.63, 3.8) is 0 Å². The Kier molecular flexibility index (Phi) is 6.64. The van der Waals surface area contributed by atoms with Crippen molar-refractivity contribution in [2.45, 2.75) is 51.4 Å². The molecule has 5 rings (SSSR count). The lowest BCUT2D eigenvalue weighted by Crippen LogP contribution is -2.43. The van der Waals surface area contributed by atoms with Crippen LogP contribution in [-0.2, 0) is 18.3 Å². The number of carbonyl (C=O) groups excluding carboxylic acids is 2. The van der Waals surface area contributed by atoms with E-state index in [2.05, 4.69) is 15.5 Å². The Morgan fingerprint density at radius 1 is 1.13 bits per heavy atom. The van der Waals surface area contributed by atoms with Crippen LogP contribution >= 0.6 is 0 Å². The van der Waals surface area contributed by atoms with Crippen LogP contribution in [0.2, 0.25) is 0 Å². The largest absolute Gasteiger partial charge is 0.444 e. The van der Waals surface area contributed by atoms with Gasteiger partial charge in [0, 0.05) is 37.4 Å². The van der Waals surface area contributed by atoms with Gasteiger partial charge < -0.3 is 15.0 Å². The Bertz CT molecular complexity index is 1470. The first-order chi connectivity index (χ1) is 18.1. The van der Waals surface area contributed by atoms with Gasteiger partial charge in [0.15, 0.2) is 0 Å². The van der Waals surface area contributed by atoms with Crippen LogP contribution in [0, 0.1) is 5.82 Å². The van der Waals surface area contributed by atoms with Crippen LogP contribution in [0.5, 0.6) is 0 Å². The summed E-state index contributed by atoms with van der Waals surface area (Å²) in [5.74, 6) is -1.13. The van der Waals surface area contributed by atoms with Crippen molar-refractivity contribution in [1.29, 1.82) is 0 Å². The fourth-order valence-electron chi connectivity index (χ4n) is 4.85. The van der Waals surface area contributed by atoms with E-state index < -0.39 is 23.4 Å². The number of hydrogen-bond donors (Lipinski definition) is 1. The number of amides is 2. The minimum Gasteiger partial charge on any atom is -0.444 e. The van der Waals surface area contributed by atoms with Gasteiger partial charge in [0.2, 0.25) is 0 Å². The van der Waals surface area contributed by atoms with Crippen LogP contribution < -0.4 is 5.32 Å². The average molecular weight is 519 g/mol. The molecule has 0 spiro atoms. The summed E-state index contributed by atoms with van der Waals surface area (Å²) >= 11 is 0. The van der Waals surface area contributed by atoms with E-state index in [-0.39, 0.29) is 24.2 Å². The normalized spacial score (nSPS) is 17.7. The Morgan fingerprint density at radius 3 is 2.61 bits per heavy atom. The van der Waals surface area contributed by atoms with Gasteiger partial charge in [0.1, 0.15) is 11.4 Å². The highest BCUT2D eigenvalue weighted by molar-refractivity contribution is 5.95. The number of ether oxygens (including phenoxy) is 1. The SMILES string of the molecule is Cn1ncc2cc(-c3ccc(C(=O)NC4CC(Cn5cccn5)N(C(=O)OC(C)(C)C)C4)c(F)c3)ccc21. The van der Waals surface area contributed by atoms with Crippen LogP contribution in [-0.4, -0.2) is 60.7 Å². The Hall–Kier alpha value is -4.21. The summed E-state index contributed by atoms with van der Waals surface area (Å²) in [6.45, 7) is 6.15. The van der Waals surface area contributed by atoms with Gasteiger partial charge in [-0.15, -0.1) is 0 Å². The number of nitrogens with zero attached hydrogens (tertiary/aromatic N) is 5. The van der Waals surface area contributed by atoms with Gasteiger partial charge in [-0.2, -0.15) is 10.2 Å². The number of likely N-dealkylation sites (tertiary alicyclic amines) is 1. The first-order valence-electron chi connectivity index (χ1n) is 12.6. The van der Waals surface area contributed by atoms with Crippen LogP contribution in [0.4, 0.5) is 9.18 Å². The molecule has 38 heavy (non-hydrogen) atoms. The second-order valence-corrected chi connectivity index (χ2v) is 10.7. The summed E-state index contributed by atoms with van der Waals surface area (Å²) < 4.78 is 24.2.